The molecule has 2 aliphatic heterocycles. The van der Waals surface area contributed by atoms with E-state index in [0.717, 1.165) is 36.9 Å². The monoisotopic (exact) mass is 390 g/mol. The van der Waals surface area contributed by atoms with E-state index in [-0.39, 0.29) is 23.7 Å². The Bertz CT molecular complexity index is 209. The normalized spacial score (nSPS) is 35.3. The molecule has 0 spiro atoms. The first-order valence-electron chi connectivity index (χ1n) is 10.6. The van der Waals surface area contributed by atoms with E-state index in [1.54, 1.807) is 0 Å². The van der Waals surface area contributed by atoms with Crippen molar-refractivity contribution in [2.45, 2.75) is 127 Å². The Morgan fingerprint density at radius 3 is 0.889 bits per heavy atom. The first kappa shape index (κ1) is 31.6. The molecule has 0 N–H and O–H groups in total. The van der Waals surface area contributed by atoms with Crippen molar-refractivity contribution in [1.29, 1.82) is 0 Å². The minimum absolute atomic E-state index is 0. The van der Waals surface area contributed by atoms with Gasteiger partial charge in [-0.1, -0.05) is 75.7 Å². The van der Waals surface area contributed by atoms with Crippen LogP contribution in [0.3, 0.4) is 0 Å². The van der Waals surface area contributed by atoms with Crippen molar-refractivity contribution in [3.05, 3.63) is 0 Å². The average molecular weight is 391 g/mol. The summed E-state index contributed by atoms with van der Waals surface area (Å²) in [5.74, 6) is 3.63. The molecule has 3 fully saturated rings. The lowest BCUT2D eigenvalue weighted by molar-refractivity contribution is 0.000174. The molecule has 170 valence electrons. The highest BCUT2D eigenvalue weighted by Gasteiger charge is 2.14. The van der Waals surface area contributed by atoms with Gasteiger partial charge in [-0.15, -0.1) is 0 Å². The molecule has 3 aliphatic rings. The van der Waals surface area contributed by atoms with Crippen molar-refractivity contribution >= 4 is 0 Å². The SMILES string of the molecule is C.C.C.CC1CCC(C)CC1.CC1CCC(C)OC1.CC1CCC(C)OC1.[HH]. The molecule has 4 unspecified atom stereocenters. The molecule has 27 heavy (non-hydrogen) atoms. The lowest BCUT2D eigenvalue weighted by Crippen LogP contribution is -2.21. The Balaban J connectivity index is -0.000000144. The van der Waals surface area contributed by atoms with Crippen molar-refractivity contribution in [1.82, 2.24) is 0 Å². The minimum Gasteiger partial charge on any atom is -0.378 e. The molecule has 2 nitrogen and oxygen atoms in total. The van der Waals surface area contributed by atoms with Gasteiger partial charge in [0.15, 0.2) is 0 Å². The molecule has 1 saturated carbocycles. The molecule has 2 saturated heterocycles. The average Bonchev–Trinajstić information content (AvgIpc) is 2.57. The van der Waals surface area contributed by atoms with E-state index in [0.29, 0.717) is 12.2 Å². The van der Waals surface area contributed by atoms with E-state index in [4.69, 9.17) is 9.47 Å². The van der Waals surface area contributed by atoms with Crippen molar-refractivity contribution in [2.75, 3.05) is 13.2 Å². The van der Waals surface area contributed by atoms with Gasteiger partial charge in [-0.3, -0.25) is 0 Å². The zero-order valence-corrected chi connectivity index (χ0v) is 17.4. The number of ether oxygens (including phenoxy) is 2. The van der Waals surface area contributed by atoms with E-state index >= 15 is 0 Å². The van der Waals surface area contributed by atoms with E-state index in [1.165, 1.54) is 51.4 Å². The van der Waals surface area contributed by atoms with Crippen molar-refractivity contribution in [2.24, 2.45) is 23.7 Å². The van der Waals surface area contributed by atoms with Crippen molar-refractivity contribution in [3.8, 4) is 0 Å². The van der Waals surface area contributed by atoms with Gasteiger partial charge in [-0.2, -0.15) is 0 Å². The minimum atomic E-state index is 0. The molecule has 0 radical (unpaired) electrons. The molecule has 0 amide bonds. The second kappa shape index (κ2) is 18.0. The standard InChI is InChI=1S/C8H16.2C7H14O.3CH4.H2/c1-7-3-5-8(2)6-4-7;2*1-6-3-4-7(2)8-5-6;;;;/h7-8H,3-6H2,1-2H3;2*6-7H,3-5H2,1-2H3;3*1H4;1H. The number of rotatable bonds is 0. The van der Waals surface area contributed by atoms with Gasteiger partial charge in [0.05, 0.1) is 12.2 Å². The molecule has 0 aromatic heterocycles. The van der Waals surface area contributed by atoms with Crippen LogP contribution in [0, 0.1) is 23.7 Å². The topological polar surface area (TPSA) is 18.5 Å². The molecule has 1 aliphatic carbocycles. The van der Waals surface area contributed by atoms with Gasteiger partial charge in [-0.05, 0) is 63.2 Å². The van der Waals surface area contributed by atoms with Crippen LogP contribution in [-0.4, -0.2) is 25.4 Å². The van der Waals surface area contributed by atoms with Gasteiger partial charge in [0.2, 0.25) is 0 Å². The second-order valence-electron chi connectivity index (χ2n) is 9.02. The predicted octanol–water partition coefficient (Wildman–Crippen LogP) is 8.63. The summed E-state index contributed by atoms with van der Waals surface area (Å²) in [6.45, 7) is 15.5. The first-order chi connectivity index (χ1) is 11.4. The van der Waals surface area contributed by atoms with E-state index in [1.807, 2.05) is 0 Å². The third-order valence-corrected chi connectivity index (χ3v) is 5.77. The highest BCUT2D eigenvalue weighted by atomic mass is 16.5. The van der Waals surface area contributed by atoms with Crippen LogP contribution in [0.5, 0.6) is 0 Å². The highest BCUT2D eigenvalue weighted by Crippen LogP contribution is 2.27. The summed E-state index contributed by atoms with van der Waals surface area (Å²) < 4.78 is 10.8. The second-order valence-corrected chi connectivity index (χ2v) is 9.02. The lowest BCUT2D eigenvalue weighted by Gasteiger charge is -2.23. The van der Waals surface area contributed by atoms with Gasteiger partial charge >= 0.3 is 0 Å². The van der Waals surface area contributed by atoms with Crippen LogP contribution in [0.4, 0.5) is 0 Å². The third kappa shape index (κ3) is 16.6. The summed E-state index contributed by atoms with van der Waals surface area (Å²) >= 11 is 0. The van der Waals surface area contributed by atoms with Gasteiger partial charge in [-0.25, -0.2) is 0 Å². The molecule has 0 aromatic carbocycles. The first-order valence-corrected chi connectivity index (χ1v) is 10.6. The van der Waals surface area contributed by atoms with E-state index in [9.17, 15) is 0 Å². The van der Waals surface area contributed by atoms with Crippen molar-refractivity contribution in [3.63, 3.8) is 0 Å². The summed E-state index contributed by atoms with van der Waals surface area (Å²) in [4.78, 5) is 0. The van der Waals surface area contributed by atoms with Crippen LogP contribution in [0.15, 0.2) is 0 Å². The fourth-order valence-electron chi connectivity index (χ4n) is 3.46. The molecule has 4 atom stereocenters. The van der Waals surface area contributed by atoms with Gasteiger partial charge in [0, 0.05) is 14.6 Å². The Labute approximate surface area is 175 Å². The fraction of sp³-hybridized carbons (Fsp3) is 1.00. The van der Waals surface area contributed by atoms with Crippen LogP contribution >= 0.6 is 0 Å². The van der Waals surface area contributed by atoms with E-state index < -0.39 is 0 Å². The van der Waals surface area contributed by atoms with Gasteiger partial charge in [0.25, 0.3) is 0 Å². The molecule has 2 heterocycles. The Hall–Kier alpha value is -0.0800. The van der Waals surface area contributed by atoms with Crippen molar-refractivity contribution < 1.29 is 10.9 Å². The van der Waals surface area contributed by atoms with Gasteiger partial charge in [0.1, 0.15) is 0 Å². The van der Waals surface area contributed by atoms with Crippen LogP contribution in [0.2, 0.25) is 0 Å². The Morgan fingerprint density at radius 2 is 0.704 bits per heavy atom. The predicted molar refractivity (Wildman–Crippen MR) is 127 cm³/mol. The Morgan fingerprint density at radius 1 is 0.444 bits per heavy atom. The van der Waals surface area contributed by atoms with Crippen LogP contribution in [0.25, 0.3) is 0 Å². The molecule has 0 bridgehead atoms. The maximum Gasteiger partial charge on any atom is 0.0547 e. The lowest BCUT2D eigenvalue weighted by atomic mass is 9.84. The molecular formula is C25H58O2. The quantitative estimate of drug-likeness (QED) is 0.412. The van der Waals surface area contributed by atoms with Crippen LogP contribution in [-0.2, 0) is 9.47 Å². The third-order valence-electron chi connectivity index (χ3n) is 5.77. The largest absolute Gasteiger partial charge is 0.378 e. The molecular weight excluding hydrogens is 332 g/mol. The summed E-state index contributed by atoms with van der Waals surface area (Å²) in [5, 5.41) is 0. The summed E-state index contributed by atoms with van der Waals surface area (Å²) in [6.07, 6.45) is 12.1. The number of hydrogen-bond acceptors (Lipinski definition) is 2. The van der Waals surface area contributed by atoms with Crippen LogP contribution in [0.1, 0.15) is 117 Å². The molecule has 0 aromatic rings. The highest BCUT2D eigenvalue weighted by molar-refractivity contribution is 4.66. The molecule has 3 rings (SSSR count). The smallest absolute Gasteiger partial charge is 0.0547 e. The van der Waals surface area contributed by atoms with Gasteiger partial charge < -0.3 is 9.47 Å². The Kier molecular flexibility index (Phi) is 21.1. The summed E-state index contributed by atoms with van der Waals surface area (Å²) in [5.41, 5.74) is 0. The maximum absolute atomic E-state index is 5.39. The number of hydrogen-bond donors (Lipinski definition) is 0. The summed E-state index contributed by atoms with van der Waals surface area (Å²) in [7, 11) is 0. The molecule has 2 heteroatoms. The maximum atomic E-state index is 5.39. The van der Waals surface area contributed by atoms with Crippen LogP contribution < -0.4 is 0 Å². The zero-order chi connectivity index (χ0) is 17.9. The zero-order valence-electron chi connectivity index (χ0n) is 17.4. The summed E-state index contributed by atoms with van der Waals surface area (Å²) in [6, 6.07) is 0. The fourth-order valence-corrected chi connectivity index (χ4v) is 3.46. The van der Waals surface area contributed by atoms with E-state index in [2.05, 4.69) is 41.5 Å².